The summed E-state index contributed by atoms with van der Waals surface area (Å²) in [6.45, 7) is 1.74. The van der Waals surface area contributed by atoms with Crippen LogP contribution in [0.2, 0.25) is 0 Å². The number of alkyl halides is 3. The Balaban J connectivity index is 1.99. The summed E-state index contributed by atoms with van der Waals surface area (Å²) in [5.74, 6) is 0.0442. The summed E-state index contributed by atoms with van der Waals surface area (Å²) in [6, 6.07) is 8.24. The lowest BCUT2D eigenvalue weighted by Gasteiger charge is -2.15. The van der Waals surface area contributed by atoms with Gasteiger partial charge in [0.2, 0.25) is 0 Å². The molecule has 140 valence electrons. The lowest BCUT2D eigenvalue weighted by Crippen LogP contribution is -2.07. The number of benzene rings is 1. The van der Waals surface area contributed by atoms with Gasteiger partial charge in [-0.25, -0.2) is 0 Å². The van der Waals surface area contributed by atoms with Crippen LogP contribution in [0.4, 0.5) is 13.2 Å². The number of aliphatic hydroxyl groups excluding tert-OH is 1. The van der Waals surface area contributed by atoms with Crippen molar-refractivity contribution >= 4 is 0 Å². The van der Waals surface area contributed by atoms with E-state index in [0.29, 0.717) is 28.1 Å². The van der Waals surface area contributed by atoms with Crippen molar-refractivity contribution < 1.29 is 23.0 Å². The van der Waals surface area contributed by atoms with E-state index in [1.54, 1.807) is 31.3 Å². The van der Waals surface area contributed by atoms with Gasteiger partial charge in [-0.1, -0.05) is 6.07 Å². The van der Waals surface area contributed by atoms with E-state index in [2.05, 4.69) is 15.2 Å². The van der Waals surface area contributed by atoms with Gasteiger partial charge in [-0.3, -0.25) is 4.98 Å². The predicted molar refractivity (Wildman–Crippen MR) is 92.1 cm³/mol. The normalized spacial score (nSPS) is 12.7. The molecule has 1 unspecified atom stereocenters. The summed E-state index contributed by atoms with van der Waals surface area (Å²) in [7, 11) is 1.29. The van der Waals surface area contributed by atoms with Gasteiger partial charge in [0.1, 0.15) is 11.9 Å². The van der Waals surface area contributed by atoms with Crippen molar-refractivity contribution in [3.63, 3.8) is 0 Å². The van der Waals surface area contributed by atoms with Gasteiger partial charge < -0.3 is 9.84 Å². The number of hydrogen-bond acceptors (Lipinski definition) is 5. The molecule has 8 heteroatoms. The number of rotatable bonds is 4. The van der Waals surface area contributed by atoms with E-state index in [4.69, 9.17) is 4.74 Å². The van der Waals surface area contributed by atoms with Crippen molar-refractivity contribution in [1.29, 1.82) is 0 Å². The minimum atomic E-state index is -4.47. The number of aryl methyl sites for hydroxylation is 1. The number of ether oxygens (including phenoxy) is 1. The highest BCUT2D eigenvalue weighted by Crippen LogP contribution is 2.37. The van der Waals surface area contributed by atoms with Crippen molar-refractivity contribution in [2.45, 2.75) is 19.2 Å². The van der Waals surface area contributed by atoms with Gasteiger partial charge in [-0.05, 0) is 42.8 Å². The molecule has 0 aliphatic carbocycles. The van der Waals surface area contributed by atoms with Gasteiger partial charge in [-0.15, -0.1) is 5.10 Å². The van der Waals surface area contributed by atoms with Crippen LogP contribution in [0.5, 0.6) is 5.75 Å². The third-order valence-corrected chi connectivity index (χ3v) is 4.07. The molecule has 3 rings (SSSR count). The average Bonchev–Trinajstić information content (AvgIpc) is 2.67. The molecule has 2 aromatic heterocycles. The Morgan fingerprint density at radius 1 is 1.11 bits per heavy atom. The molecule has 0 saturated carbocycles. The first-order valence-corrected chi connectivity index (χ1v) is 7.99. The van der Waals surface area contributed by atoms with Crippen LogP contribution in [0.1, 0.15) is 28.5 Å². The molecule has 3 aromatic rings. The maximum absolute atomic E-state index is 12.9. The van der Waals surface area contributed by atoms with Gasteiger partial charge in [0.05, 0.1) is 24.1 Å². The largest absolute Gasteiger partial charge is 0.496 e. The van der Waals surface area contributed by atoms with Crippen LogP contribution in [0.3, 0.4) is 0 Å². The van der Waals surface area contributed by atoms with Crippen LogP contribution in [0.25, 0.3) is 11.3 Å². The van der Waals surface area contributed by atoms with Gasteiger partial charge in [0.15, 0.2) is 0 Å². The lowest BCUT2D eigenvalue weighted by molar-refractivity contribution is -0.137. The first-order chi connectivity index (χ1) is 12.8. The Morgan fingerprint density at radius 3 is 2.48 bits per heavy atom. The highest BCUT2D eigenvalue weighted by atomic mass is 19.4. The third-order valence-electron chi connectivity index (χ3n) is 4.07. The van der Waals surface area contributed by atoms with Crippen LogP contribution >= 0.6 is 0 Å². The third kappa shape index (κ3) is 3.90. The SMILES string of the molecule is COc1cc(C(F)(F)F)ccc1-c1nnc(C(O)c2cccnc2)cc1C. The Bertz CT molecular complexity index is 947. The van der Waals surface area contributed by atoms with Gasteiger partial charge in [0.25, 0.3) is 0 Å². The topological polar surface area (TPSA) is 68.1 Å². The van der Waals surface area contributed by atoms with E-state index in [-0.39, 0.29) is 5.75 Å². The fraction of sp³-hybridized carbons (Fsp3) is 0.211. The Hall–Kier alpha value is -3.00. The molecular formula is C19H16F3N3O2. The number of hydrogen-bond donors (Lipinski definition) is 1. The summed E-state index contributed by atoms with van der Waals surface area (Å²) in [4.78, 5) is 3.95. The van der Waals surface area contributed by atoms with Crippen LogP contribution < -0.4 is 4.74 Å². The van der Waals surface area contributed by atoms with Gasteiger partial charge in [-0.2, -0.15) is 18.3 Å². The summed E-state index contributed by atoms with van der Waals surface area (Å²) >= 11 is 0. The molecule has 2 heterocycles. The maximum Gasteiger partial charge on any atom is 0.416 e. The van der Waals surface area contributed by atoms with E-state index in [1.165, 1.54) is 19.4 Å². The van der Waals surface area contributed by atoms with E-state index in [9.17, 15) is 18.3 Å². The molecule has 0 spiro atoms. The standard InChI is InChI=1S/C19H16F3N3O2/c1-11-8-15(18(26)12-4-3-7-23-10-12)24-25-17(11)14-6-5-13(19(20,21)22)9-16(14)27-2/h3-10,18,26H,1-2H3. The fourth-order valence-electron chi connectivity index (χ4n) is 2.68. The number of aromatic nitrogens is 3. The Morgan fingerprint density at radius 2 is 1.89 bits per heavy atom. The molecular weight excluding hydrogens is 359 g/mol. The number of nitrogens with zero attached hydrogens (tertiary/aromatic N) is 3. The summed E-state index contributed by atoms with van der Waals surface area (Å²) in [5.41, 5.74) is 1.47. The number of halogens is 3. The summed E-state index contributed by atoms with van der Waals surface area (Å²) in [5, 5.41) is 18.5. The van der Waals surface area contributed by atoms with Crippen molar-refractivity contribution in [2.75, 3.05) is 7.11 Å². The van der Waals surface area contributed by atoms with Crippen molar-refractivity contribution in [3.8, 4) is 17.0 Å². The Kier molecular flexibility index (Phi) is 5.09. The predicted octanol–water partition coefficient (Wildman–Crippen LogP) is 3.96. The number of aliphatic hydroxyl groups is 1. The van der Waals surface area contributed by atoms with Crippen LogP contribution in [-0.2, 0) is 6.18 Å². The minimum absolute atomic E-state index is 0.0442. The highest BCUT2D eigenvalue weighted by Gasteiger charge is 2.31. The molecule has 0 fully saturated rings. The number of pyridine rings is 1. The minimum Gasteiger partial charge on any atom is -0.496 e. The molecule has 0 amide bonds. The Labute approximate surface area is 153 Å². The molecule has 0 radical (unpaired) electrons. The first kappa shape index (κ1) is 18.8. The van der Waals surface area contributed by atoms with Crippen LogP contribution in [-0.4, -0.2) is 27.4 Å². The zero-order chi connectivity index (χ0) is 19.6. The smallest absolute Gasteiger partial charge is 0.416 e. The zero-order valence-electron chi connectivity index (χ0n) is 14.5. The zero-order valence-corrected chi connectivity index (χ0v) is 14.5. The molecule has 0 saturated heterocycles. The van der Waals surface area contributed by atoms with Crippen molar-refractivity contribution in [2.24, 2.45) is 0 Å². The quantitative estimate of drug-likeness (QED) is 0.748. The van der Waals surface area contributed by atoms with Gasteiger partial charge >= 0.3 is 6.18 Å². The first-order valence-electron chi connectivity index (χ1n) is 7.99. The van der Waals surface area contributed by atoms with E-state index >= 15 is 0 Å². The average molecular weight is 375 g/mol. The highest BCUT2D eigenvalue weighted by molar-refractivity contribution is 5.70. The molecule has 0 bridgehead atoms. The van der Waals surface area contributed by atoms with Crippen molar-refractivity contribution in [1.82, 2.24) is 15.2 Å². The van der Waals surface area contributed by atoms with Gasteiger partial charge in [0, 0.05) is 23.5 Å². The van der Waals surface area contributed by atoms with E-state index in [0.717, 1.165) is 12.1 Å². The van der Waals surface area contributed by atoms with E-state index < -0.39 is 17.8 Å². The molecule has 0 aliphatic heterocycles. The second-order valence-corrected chi connectivity index (χ2v) is 5.90. The molecule has 0 aliphatic rings. The lowest BCUT2D eigenvalue weighted by atomic mass is 10.0. The molecule has 5 nitrogen and oxygen atoms in total. The molecule has 1 aromatic carbocycles. The summed E-state index contributed by atoms with van der Waals surface area (Å²) in [6.07, 6.45) is -2.36. The monoisotopic (exact) mass is 375 g/mol. The maximum atomic E-state index is 12.9. The fourth-order valence-corrected chi connectivity index (χ4v) is 2.68. The second kappa shape index (κ2) is 7.32. The molecule has 1 atom stereocenters. The summed E-state index contributed by atoms with van der Waals surface area (Å²) < 4.78 is 43.8. The molecule has 27 heavy (non-hydrogen) atoms. The second-order valence-electron chi connectivity index (χ2n) is 5.90. The van der Waals surface area contributed by atoms with Crippen molar-refractivity contribution in [3.05, 3.63) is 71.2 Å². The number of methoxy groups -OCH3 is 1. The van der Waals surface area contributed by atoms with Crippen LogP contribution in [0.15, 0.2) is 48.8 Å². The molecule has 1 N–H and O–H groups in total. The van der Waals surface area contributed by atoms with E-state index in [1.807, 2.05) is 0 Å². The van der Waals surface area contributed by atoms with Crippen LogP contribution in [0, 0.1) is 6.92 Å².